The SMILES string of the molecule is CN/C=C1/C=CC(c2nc3sc(C4CCNCC4)cc3s2)=CC1=N. The first-order valence-corrected chi connectivity index (χ1v) is 9.85. The molecule has 1 aliphatic carbocycles. The van der Waals surface area contributed by atoms with Gasteiger partial charge in [0.15, 0.2) is 0 Å². The molecule has 0 amide bonds. The van der Waals surface area contributed by atoms with Gasteiger partial charge in [-0.2, -0.15) is 0 Å². The molecule has 4 nitrogen and oxygen atoms in total. The lowest BCUT2D eigenvalue weighted by Gasteiger charge is -2.21. The number of fused-ring (bicyclic) bond motifs is 1. The molecule has 1 saturated heterocycles. The van der Waals surface area contributed by atoms with Crippen molar-refractivity contribution in [2.45, 2.75) is 18.8 Å². The third-order valence-electron chi connectivity index (χ3n) is 4.45. The summed E-state index contributed by atoms with van der Waals surface area (Å²) in [7, 11) is 1.85. The molecule has 3 N–H and O–H groups in total. The van der Waals surface area contributed by atoms with Crippen LogP contribution >= 0.6 is 22.7 Å². The van der Waals surface area contributed by atoms with Gasteiger partial charge in [0.1, 0.15) is 9.84 Å². The lowest BCUT2D eigenvalue weighted by atomic mass is 9.97. The molecule has 4 rings (SSSR count). The summed E-state index contributed by atoms with van der Waals surface area (Å²) in [5, 5.41) is 15.5. The van der Waals surface area contributed by atoms with E-state index in [1.165, 1.54) is 22.4 Å². The van der Waals surface area contributed by atoms with Crippen molar-refractivity contribution in [3.05, 3.63) is 46.0 Å². The van der Waals surface area contributed by atoms with E-state index >= 15 is 0 Å². The van der Waals surface area contributed by atoms with Gasteiger partial charge in [0, 0.05) is 29.3 Å². The lowest BCUT2D eigenvalue weighted by molar-refractivity contribution is 0.465. The highest BCUT2D eigenvalue weighted by Crippen LogP contribution is 2.39. The summed E-state index contributed by atoms with van der Waals surface area (Å²) >= 11 is 3.58. The van der Waals surface area contributed by atoms with Crippen molar-refractivity contribution in [2.75, 3.05) is 20.1 Å². The molecular weight excluding hydrogens is 336 g/mol. The molecule has 0 spiro atoms. The van der Waals surface area contributed by atoms with Gasteiger partial charge in [0.05, 0.1) is 10.4 Å². The van der Waals surface area contributed by atoms with Crippen molar-refractivity contribution in [1.29, 1.82) is 5.41 Å². The molecule has 6 heteroatoms. The predicted molar refractivity (Wildman–Crippen MR) is 104 cm³/mol. The molecule has 2 aromatic heterocycles. The lowest BCUT2D eigenvalue weighted by Crippen LogP contribution is -2.26. The molecule has 0 radical (unpaired) electrons. The molecule has 0 bridgehead atoms. The molecular formula is C18H20N4S2. The van der Waals surface area contributed by atoms with Crippen LogP contribution in [0, 0.1) is 5.41 Å². The van der Waals surface area contributed by atoms with E-state index in [0.29, 0.717) is 11.6 Å². The summed E-state index contributed by atoms with van der Waals surface area (Å²) in [4.78, 5) is 7.45. The summed E-state index contributed by atoms with van der Waals surface area (Å²) in [6.45, 7) is 2.24. The normalized spacial score (nSPS) is 20.8. The largest absolute Gasteiger partial charge is 0.393 e. The minimum atomic E-state index is 0.524. The van der Waals surface area contributed by atoms with E-state index in [9.17, 15) is 0 Å². The summed E-state index contributed by atoms with van der Waals surface area (Å²) in [6, 6.07) is 2.34. The van der Waals surface area contributed by atoms with Crippen LogP contribution in [0.2, 0.25) is 0 Å². The van der Waals surface area contributed by atoms with Gasteiger partial charge in [-0.15, -0.1) is 22.7 Å². The number of rotatable bonds is 3. The van der Waals surface area contributed by atoms with Crippen LogP contribution in [0.1, 0.15) is 28.6 Å². The third-order valence-corrected chi connectivity index (χ3v) is 6.82. The number of aromatic nitrogens is 1. The van der Waals surface area contributed by atoms with Gasteiger partial charge in [0.25, 0.3) is 0 Å². The van der Waals surface area contributed by atoms with Crippen molar-refractivity contribution in [2.24, 2.45) is 0 Å². The molecule has 1 fully saturated rings. The van der Waals surface area contributed by atoms with E-state index < -0.39 is 0 Å². The maximum Gasteiger partial charge on any atom is 0.135 e. The standard InChI is InChI=1S/C18H20N4S2/c1-20-10-13-3-2-12(8-14(13)19)17-22-18-16(24-17)9-15(23-18)11-4-6-21-7-5-11/h2-3,8-11,19-21H,4-7H2,1H3/b13-10-,19-14?. The van der Waals surface area contributed by atoms with Crippen molar-refractivity contribution >= 4 is 43.5 Å². The van der Waals surface area contributed by atoms with Crippen LogP contribution in [-0.4, -0.2) is 30.8 Å². The minimum absolute atomic E-state index is 0.524. The Bertz CT molecular complexity index is 831. The summed E-state index contributed by atoms with van der Waals surface area (Å²) in [5.41, 5.74) is 2.45. The Kier molecular flexibility index (Phi) is 4.35. The van der Waals surface area contributed by atoms with Crippen molar-refractivity contribution < 1.29 is 0 Å². The van der Waals surface area contributed by atoms with E-state index in [1.54, 1.807) is 11.3 Å². The second kappa shape index (κ2) is 6.63. The van der Waals surface area contributed by atoms with Gasteiger partial charge in [0.2, 0.25) is 0 Å². The Morgan fingerprint density at radius 1 is 1.29 bits per heavy atom. The van der Waals surface area contributed by atoms with Crippen LogP contribution in [0.4, 0.5) is 0 Å². The Morgan fingerprint density at radius 3 is 2.83 bits per heavy atom. The Balaban J connectivity index is 1.59. The van der Waals surface area contributed by atoms with Crippen LogP contribution in [0.5, 0.6) is 0 Å². The quantitative estimate of drug-likeness (QED) is 0.782. The van der Waals surface area contributed by atoms with E-state index in [0.717, 1.165) is 34.1 Å². The predicted octanol–water partition coefficient (Wildman–Crippen LogP) is 3.90. The molecule has 24 heavy (non-hydrogen) atoms. The molecule has 0 atom stereocenters. The van der Waals surface area contributed by atoms with E-state index in [-0.39, 0.29) is 0 Å². The average molecular weight is 357 g/mol. The van der Waals surface area contributed by atoms with E-state index in [1.807, 2.05) is 36.7 Å². The Hall–Kier alpha value is -1.76. The van der Waals surface area contributed by atoms with Crippen molar-refractivity contribution in [3.63, 3.8) is 0 Å². The maximum absolute atomic E-state index is 8.13. The Labute approximate surface area is 149 Å². The van der Waals surface area contributed by atoms with Crippen LogP contribution in [0.3, 0.4) is 0 Å². The highest BCUT2D eigenvalue weighted by Gasteiger charge is 2.20. The molecule has 124 valence electrons. The summed E-state index contributed by atoms with van der Waals surface area (Å²) in [6.07, 6.45) is 10.2. The van der Waals surface area contributed by atoms with Gasteiger partial charge in [-0.05, 0) is 44.0 Å². The van der Waals surface area contributed by atoms with Gasteiger partial charge in [-0.1, -0.05) is 12.2 Å². The minimum Gasteiger partial charge on any atom is -0.393 e. The Morgan fingerprint density at radius 2 is 2.12 bits per heavy atom. The maximum atomic E-state index is 8.13. The average Bonchev–Trinajstić information content (AvgIpc) is 3.17. The third kappa shape index (κ3) is 2.97. The fraction of sp³-hybridized carbons (Fsp3) is 0.333. The van der Waals surface area contributed by atoms with Crippen molar-refractivity contribution in [3.8, 4) is 0 Å². The van der Waals surface area contributed by atoms with Gasteiger partial charge < -0.3 is 16.0 Å². The van der Waals surface area contributed by atoms with Crippen molar-refractivity contribution in [1.82, 2.24) is 15.6 Å². The zero-order chi connectivity index (χ0) is 16.5. The molecule has 2 aromatic rings. The van der Waals surface area contributed by atoms with E-state index in [4.69, 9.17) is 10.4 Å². The first-order chi connectivity index (χ1) is 11.7. The highest BCUT2D eigenvalue weighted by atomic mass is 32.1. The fourth-order valence-corrected chi connectivity index (χ4v) is 5.54. The number of allylic oxidation sites excluding steroid dienone is 5. The number of thiazole rings is 1. The number of thiophene rings is 1. The van der Waals surface area contributed by atoms with Crippen LogP contribution in [-0.2, 0) is 0 Å². The van der Waals surface area contributed by atoms with Gasteiger partial charge in [-0.25, -0.2) is 4.98 Å². The number of hydrogen-bond acceptors (Lipinski definition) is 6. The molecule has 1 aliphatic heterocycles. The molecule has 0 unspecified atom stereocenters. The topological polar surface area (TPSA) is 60.8 Å². The highest BCUT2D eigenvalue weighted by molar-refractivity contribution is 7.27. The summed E-state index contributed by atoms with van der Waals surface area (Å²) in [5.74, 6) is 0.692. The molecule has 0 aromatic carbocycles. The van der Waals surface area contributed by atoms with Crippen LogP contribution in [0.25, 0.3) is 15.1 Å². The first kappa shape index (κ1) is 15.7. The molecule has 2 aliphatic rings. The van der Waals surface area contributed by atoms with Crippen LogP contribution < -0.4 is 10.6 Å². The second-order valence-corrected chi connectivity index (χ2v) is 8.19. The number of nitrogens with zero attached hydrogens (tertiary/aromatic N) is 1. The molecule has 0 saturated carbocycles. The zero-order valence-corrected chi connectivity index (χ0v) is 15.2. The van der Waals surface area contributed by atoms with Gasteiger partial charge in [-0.3, -0.25) is 0 Å². The zero-order valence-electron chi connectivity index (χ0n) is 13.6. The molecule has 3 heterocycles. The number of piperidine rings is 1. The number of hydrogen-bond donors (Lipinski definition) is 3. The summed E-state index contributed by atoms with van der Waals surface area (Å²) < 4.78 is 1.28. The second-order valence-electron chi connectivity index (χ2n) is 6.10. The monoisotopic (exact) mass is 356 g/mol. The van der Waals surface area contributed by atoms with E-state index in [2.05, 4.69) is 22.8 Å². The smallest absolute Gasteiger partial charge is 0.135 e. The first-order valence-electron chi connectivity index (χ1n) is 8.22. The fourth-order valence-electron chi connectivity index (χ4n) is 3.15. The van der Waals surface area contributed by atoms with Gasteiger partial charge >= 0.3 is 0 Å². The number of nitrogens with one attached hydrogen (secondary N) is 3. The van der Waals surface area contributed by atoms with Crippen LogP contribution in [0.15, 0.2) is 36.1 Å².